The second-order valence-electron chi connectivity index (χ2n) is 3.94. The molecule has 0 aliphatic carbocycles. The highest BCUT2D eigenvalue weighted by Crippen LogP contribution is 2.19. The fraction of sp³-hybridized carbons (Fsp3) is 0.133. The summed E-state index contributed by atoms with van der Waals surface area (Å²) in [6.07, 6.45) is 4.03. The van der Waals surface area contributed by atoms with E-state index in [9.17, 15) is 9.90 Å². The number of carbonyl (C=O) groups excluding carboxylic acids is 1. The SMILES string of the molecule is CCOC(=O)C(O)=Cc1ncc(Oc2ccccc2)cn1. The van der Waals surface area contributed by atoms with Crippen molar-refractivity contribution in [2.45, 2.75) is 6.92 Å². The first kappa shape index (κ1) is 14.5. The van der Waals surface area contributed by atoms with Crippen LogP contribution in [0.4, 0.5) is 0 Å². The molecule has 108 valence electrons. The summed E-state index contributed by atoms with van der Waals surface area (Å²) in [5.41, 5.74) is 0. The Balaban J connectivity index is 2.05. The molecule has 0 spiro atoms. The zero-order chi connectivity index (χ0) is 15.1. The number of para-hydroxylation sites is 1. The molecule has 1 aromatic carbocycles. The lowest BCUT2D eigenvalue weighted by atomic mass is 10.3. The Hall–Kier alpha value is -2.89. The summed E-state index contributed by atoms with van der Waals surface area (Å²) in [4.78, 5) is 19.2. The van der Waals surface area contributed by atoms with Crippen molar-refractivity contribution in [2.75, 3.05) is 6.61 Å². The van der Waals surface area contributed by atoms with Crippen LogP contribution >= 0.6 is 0 Å². The van der Waals surface area contributed by atoms with Crippen molar-refractivity contribution >= 4 is 12.0 Å². The topological polar surface area (TPSA) is 81.5 Å². The first-order valence-corrected chi connectivity index (χ1v) is 6.31. The minimum atomic E-state index is -0.814. The number of esters is 1. The lowest BCUT2D eigenvalue weighted by Crippen LogP contribution is -2.07. The van der Waals surface area contributed by atoms with E-state index in [4.69, 9.17) is 4.74 Å². The fourth-order valence-corrected chi connectivity index (χ4v) is 1.46. The molecule has 6 nitrogen and oxygen atoms in total. The summed E-state index contributed by atoms with van der Waals surface area (Å²) in [6, 6.07) is 9.20. The number of aliphatic hydroxyl groups excluding tert-OH is 1. The molecule has 0 saturated carbocycles. The van der Waals surface area contributed by atoms with Crippen LogP contribution in [0.1, 0.15) is 12.7 Å². The van der Waals surface area contributed by atoms with Crippen LogP contribution in [0.5, 0.6) is 11.5 Å². The number of aromatic nitrogens is 2. The summed E-state index contributed by atoms with van der Waals surface area (Å²) in [5.74, 6) is -0.0620. The lowest BCUT2D eigenvalue weighted by Gasteiger charge is -2.04. The quantitative estimate of drug-likeness (QED) is 0.517. The van der Waals surface area contributed by atoms with Crippen molar-refractivity contribution in [3.05, 3.63) is 54.3 Å². The molecule has 6 heteroatoms. The lowest BCUT2D eigenvalue weighted by molar-refractivity contribution is -0.141. The number of hydrogen-bond acceptors (Lipinski definition) is 6. The molecule has 0 unspecified atom stereocenters. The average molecular weight is 286 g/mol. The molecular formula is C15H14N2O4. The predicted molar refractivity (Wildman–Crippen MR) is 75.8 cm³/mol. The highest BCUT2D eigenvalue weighted by atomic mass is 16.5. The maximum atomic E-state index is 11.2. The van der Waals surface area contributed by atoms with E-state index in [1.807, 2.05) is 18.2 Å². The molecule has 2 aromatic rings. The van der Waals surface area contributed by atoms with E-state index >= 15 is 0 Å². The number of hydrogen-bond donors (Lipinski definition) is 1. The van der Waals surface area contributed by atoms with Gasteiger partial charge in [-0.15, -0.1) is 0 Å². The normalized spacial score (nSPS) is 11.0. The zero-order valence-corrected chi connectivity index (χ0v) is 11.4. The van der Waals surface area contributed by atoms with Crippen molar-refractivity contribution < 1.29 is 19.4 Å². The summed E-state index contributed by atoms with van der Waals surface area (Å²) < 4.78 is 10.2. The van der Waals surface area contributed by atoms with Gasteiger partial charge >= 0.3 is 5.97 Å². The highest BCUT2D eigenvalue weighted by molar-refractivity contribution is 5.90. The third-order valence-corrected chi connectivity index (χ3v) is 2.38. The van der Waals surface area contributed by atoms with Gasteiger partial charge in [0, 0.05) is 6.08 Å². The molecule has 1 N–H and O–H groups in total. The number of benzene rings is 1. The minimum absolute atomic E-state index is 0.181. The Kier molecular flexibility index (Phi) is 4.87. The molecule has 0 amide bonds. The number of nitrogens with zero attached hydrogens (tertiary/aromatic N) is 2. The molecule has 0 atom stereocenters. The second kappa shape index (κ2) is 7.04. The van der Waals surface area contributed by atoms with Crippen LogP contribution in [0.2, 0.25) is 0 Å². The molecule has 0 aliphatic heterocycles. The van der Waals surface area contributed by atoms with E-state index in [0.717, 1.165) is 6.08 Å². The van der Waals surface area contributed by atoms with Crippen LogP contribution < -0.4 is 4.74 Å². The first-order valence-electron chi connectivity index (χ1n) is 6.31. The van der Waals surface area contributed by atoms with Gasteiger partial charge in [0.25, 0.3) is 0 Å². The smallest absolute Gasteiger partial charge is 0.373 e. The molecule has 0 fully saturated rings. The van der Waals surface area contributed by atoms with Gasteiger partial charge in [0.15, 0.2) is 11.6 Å². The summed E-state index contributed by atoms with van der Waals surface area (Å²) in [5, 5.41) is 9.48. The van der Waals surface area contributed by atoms with Crippen molar-refractivity contribution in [3.63, 3.8) is 0 Å². The minimum Gasteiger partial charge on any atom is -0.502 e. The Morgan fingerprint density at radius 1 is 1.19 bits per heavy atom. The predicted octanol–water partition coefficient (Wildman–Crippen LogP) is 2.73. The van der Waals surface area contributed by atoms with E-state index < -0.39 is 11.7 Å². The van der Waals surface area contributed by atoms with Gasteiger partial charge in [-0.2, -0.15) is 0 Å². The summed E-state index contributed by atoms with van der Waals surface area (Å²) in [6.45, 7) is 1.83. The van der Waals surface area contributed by atoms with Gasteiger partial charge < -0.3 is 14.6 Å². The third kappa shape index (κ3) is 4.31. The largest absolute Gasteiger partial charge is 0.502 e. The molecule has 1 aromatic heterocycles. The Morgan fingerprint density at radius 3 is 2.48 bits per heavy atom. The van der Waals surface area contributed by atoms with Crippen LogP contribution in [-0.4, -0.2) is 27.7 Å². The van der Waals surface area contributed by atoms with Crippen LogP contribution in [0, 0.1) is 0 Å². The molecule has 21 heavy (non-hydrogen) atoms. The van der Waals surface area contributed by atoms with E-state index in [1.54, 1.807) is 19.1 Å². The number of carbonyl (C=O) groups is 1. The second-order valence-corrected chi connectivity index (χ2v) is 3.94. The number of aliphatic hydroxyl groups is 1. The first-order chi connectivity index (χ1) is 10.2. The van der Waals surface area contributed by atoms with Crippen molar-refractivity contribution in [2.24, 2.45) is 0 Å². The van der Waals surface area contributed by atoms with Crippen molar-refractivity contribution in [1.29, 1.82) is 0 Å². The van der Waals surface area contributed by atoms with E-state index in [1.165, 1.54) is 12.4 Å². The fourth-order valence-electron chi connectivity index (χ4n) is 1.46. The Bertz CT molecular complexity index is 624. The van der Waals surface area contributed by atoms with Crippen LogP contribution in [-0.2, 0) is 9.53 Å². The summed E-state index contributed by atoms with van der Waals surface area (Å²) >= 11 is 0. The molecule has 0 bridgehead atoms. The van der Waals surface area contributed by atoms with Crippen molar-refractivity contribution in [3.8, 4) is 11.5 Å². The van der Waals surface area contributed by atoms with Gasteiger partial charge in [-0.05, 0) is 19.1 Å². The zero-order valence-electron chi connectivity index (χ0n) is 11.4. The Morgan fingerprint density at radius 2 is 1.86 bits per heavy atom. The molecule has 0 saturated heterocycles. The van der Waals surface area contributed by atoms with Gasteiger partial charge in [-0.3, -0.25) is 0 Å². The maximum Gasteiger partial charge on any atom is 0.373 e. The van der Waals surface area contributed by atoms with Gasteiger partial charge in [-0.25, -0.2) is 14.8 Å². The van der Waals surface area contributed by atoms with E-state index in [2.05, 4.69) is 14.7 Å². The van der Waals surface area contributed by atoms with Crippen LogP contribution in [0.25, 0.3) is 6.08 Å². The van der Waals surface area contributed by atoms with E-state index in [0.29, 0.717) is 11.5 Å². The Labute approximate surface area is 121 Å². The average Bonchev–Trinajstić information content (AvgIpc) is 2.50. The monoisotopic (exact) mass is 286 g/mol. The molecule has 1 heterocycles. The molecule has 0 aliphatic rings. The van der Waals surface area contributed by atoms with Gasteiger partial charge in [-0.1, -0.05) is 18.2 Å². The standard InChI is InChI=1S/C15H14N2O4/c1-2-20-15(19)13(18)8-14-16-9-12(10-17-14)21-11-6-4-3-5-7-11/h3-10,18H,2H2,1H3. The van der Waals surface area contributed by atoms with Gasteiger partial charge in [0.05, 0.1) is 19.0 Å². The van der Waals surface area contributed by atoms with Crippen LogP contribution in [0.3, 0.4) is 0 Å². The van der Waals surface area contributed by atoms with Crippen molar-refractivity contribution in [1.82, 2.24) is 9.97 Å². The third-order valence-electron chi connectivity index (χ3n) is 2.38. The maximum absolute atomic E-state index is 11.2. The number of ether oxygens (including phenoxy) is 2. The highest BCUT2D eigenvalue weighted by Gasteiger charge is 2.09. The number of rotatable bonds is 5. The molecule has 2 rings (SSSR count). The van der Waals surface area contributed by atoms with Gasteiger partial charge in [0.1, 0.15) is 5.75 Å². The molecular weight excluding hydrogens is 272 g/mol. The van der Waals surface area contributed by atoms with Crippen LogP contribution in [0.15, 0.2) is 48.5 Å². The molecule has 0 radical (unpaired) electrons. The summed E-state index contributed by atoms with van der Waals surface area (Å²) in [7, 11) is 0. The van der Waals surface area contributed by atoms with Gasteiger partial charge in [0.2, 0.25) is 5.76 Å². The van der Waals surface area contributed by atoms with E-state index in [-0.39, 0.29) is 12.4 Å².